The fourth-order valence-corrected chi connectivity index (χ4v) is 3.27. The maximum atomic E-state index is 12.0. The van der Waals surface area contributed by atoms with Crippen molar-refractivity contribution in [3.05, 3.63) is 21.9 Å². The van der Waals surface area contributed by atoms with Crippen LogP contribution in [-0.2, 0) is 11.3 Å². The third-order valence-corrected chi connectivity index (χ3v) is 4.58. The molecule has 2 amide bonds. The van der Waals surface area contributed by atoms with E-state index in [-0.39, 0.29) is 18.4 Å². The zero-order valence-electron chi connectivity index (χ0n) is 11.6. The highest BCUT2D eigenvalue weighted by Crippen LogP contribution is 2.20. The summed E-state index contributed by atoms with van der Waals surface area (Å²) in [5.41, 5.74) is 0. The molecular weight excluding hydrogens is 276 g/mol. The summed E-state index contributed by atoms with van der Waals surface area (Å²) >= 11 is 1.69. The molecule has 2 N–H and O–H groups in total. The third kappa shape index (κ3) is 4.23. The molecule has 0 bridgehead atoms. The number of likely N-dealkylation sites (tertiary alicyclic amines) is 1. The Kier molecular flexibility index (Phi) is 5.00. The zero-order chi connectivity index (χ0) is 14.5. The summed E-state index contributed by atoms with van der Waals surface area (Å²) in [6.07, 6.45) is 1.76. The lowest BCUT2D eigenvalue weighted by Crippen LogP contribution is -2.44. The Morgan fingerprint density at radius 2 is 2.10 bits per heavy atom. The van der Waals surface area contributed by atoms with Crippen LogP contribution in [0.2, 0.25) is 0 Å². The number of nitrogens with one attached hydrogen (secondary N) is 1. The van der Waals surface area contributed by atoms with Gasteiger partial charge in [-0.05, 0) is 37.8 Å². The predicted octanol–water partition coefficient (Wildman–Crippen LogP) is 2.45. The molecule has 1 aliphatic heterocycles. The maximum Gasteiger partial charge on any atom is 0.317 e. The number of aryl methyl sites for hydroxylation is 1. The number of hydrogen-bond acceptors (Lipinski definition) is 3. The summed E-state index contributed by atoms with van der Waals surface area (Å²) < 4.78 is 0. The summed E-state index contributed by atoms with van der Waals surface area (Å²) in [4.78, 5) is 26.8. The number of carbonyl (C=O) groups is 2. The van der Waals surface area contributed by atoms with Crippen LogP contribution in [0.5, 0.6) is 0 Å². The van der Waals surface area contributed by atoms with Crippen LogP contribution < -0.4 is 5.32 Å². The van der Waals surface area contributed by atoms with Gasteiger partial charge in [-0.1, -0.05) is 0 Å². The second kappa shape index (κ2) is 6.74. The molecule has 0 saturated carbocycles. The lowest BCUT2D eigenvalue weighted by atomic mass is 9.94. The van der Waals surface area contributed by atoms with E-state index in [1.54, 1.807) is 16.2 Å². The van der Waals surface area contributed by atoms with Crippen molar-refractivity contribution in [2.75, 3.05) is 13.1 Å². The fraction of sp³-hybridized carbons (Fsp3) is 0.571. The van der Waals surface area contributed by atoms with Crippen molar-refractivity contribution >= 4 is 23.3 Å². The van der Waals surface area contributed by atoms with Crippen molar-refractivity contribution in [1.29, 1.82) is 0 Å². The molecule has 6 heteroatoms. The number of thiophene rings is 1. The molecule has 1 fully saturated rings. The molecule has 2 rings (SSSR count). The highest BCUT2D eigenvalue weighted by molar-refractivity contribution is 7.11. The molecular formula is C14H20N2O3S. The van der Waals surface area contributed by atoms with Crippen LogP contribution in [0.1, 0.15) is 29.0 Å². The summed E-state index contributed by atoms with van der Waals surface area (Å²) in [6.45, 7) is 3.90. The Morgan fingerprint density at radius 3 is 2.65 bits per heavy atom. The Labute approximate surface area is 122 Å². The van der Waals surface area contributed by atoms with Gasteiger partial charge in [0.1, 0.15) is 0 Å². The van der Waals surface area contributed by atoms with Crippen molar-refractivity contribution in [2.45, 2.75) is 32.7 Å². The number of carboxylic acid groups (broad SMARTS) is 1. The van der Waals surface area contributed by atoms with E-state index in [9.17, 15) is 9.59 Å². The molecule has 1 saturated heterocycles. The van der Waals surface area contributed by atoms with Gasteiger partial charge >= 0.3 is 12.0 Å². The SMILES string of the molecule is Cc1ccc(CNC(=O)N2CCC(CC(=O)O)CC2)s1. The van der Waals surface area contributed by atoms with Crippen LogP contribution in [0.3, 0.4) is 0 Å². The van der Waals surface area contributed by atoms with E-state index in [2.05, 4.69) is 5.32 Å². The molecule has 20 heavy (non-hydrogen) atoms. The van der Waals surface area contributed by atoms with E-state index >= 15 is 0 Å². The number of carbonyl (C=O) groups excluding carboxylic acids is 1. The first-order valence-electron chi connectivity index (χ1n) is 6.84. The molecule has 1 aromatic rings. The Hall–Kier alpha value is -1.56. The summed E-state index contributed by atoms with van der Waals surface area (Å²) in [5, 5.41) is 11.7. The molecule has 110 valence electrons. The zero-order valence-corrected chi connectivity index (χ0v) is 12.4. The number of nitrogens with zero attached hydrogens (tertiary/aromatic N) is 1. The second-order valence-corrected chi connectivity index (χ2v) is 6.57. The van der Waals surface area contributed by atoms with Gasteiger partial charge in [-0.3, -0.25) is 4.79 Å². The largest absolute Gasteiger partial charge is 0.481 e. The number of carboxylic acids is 1. The minimum Gasteiger partial charge on any atom is -0.481 e. The van der Waals surface area contributed by atoms with Crippen LogP contribution in [0.4, 0.5) is 4.79 Å². The average Bonchev–Trinajstić information content (AvgIpc) is 2.82. The van der Waals surface area contributed by atoms with Crippen LogP contribution in [-0.4, -0.2) is 35.1 Å². The number of amides is 2. The molecule has 2 heterocycles. The Bertz CT molecular complexity index is 479. The van der Waals surface area contributed by atoms with E-state index < -0.39 is 5.97 Å². The van der Waals surface area contributed by atoms with E-state index in [1.807, 2.05) is 19.1 Å². The van der Waals surface area contributed by atoms with Gasteiger partial charge in [-0.25, -0.2) is 4.79 Å². The van der Waals surface area contributed by atoms with E-state index in [4.69, 9.17) is 5.11 Å². The molecule has 0 aromatic carbocycles. The number of piperidine rings is 1. The van der Waals surface area contributed by atoms with E-state index in [0.29, 0.717) is 19.6 Å². The lowest BCUT2D eigenvalue weighted by Gasteiger charge is -2.31. The average molecular weight is 296 g/mol. The Morgan fingerprint density at radius 1 is 1.40 bits per heavy atom. The van der Waals surface area contributed by atoms with Crippen molar-refractivity contribution in [1.82, 2.24) is 10.2 Å². The normalized spacial score (nSPS) is 16.1. The summed E-state index contributed by atoms with van der Waals surface area (Å²) in [6, 6.07) is 4.02. The van der Waals surface area contributed by atoms with Crippen LogP contribution >= 0.6 is 11.3 Å². The van der Waals surface area contributed by atoms with Crippen molar-refractivity contribution < 1.29 is 14.7 Å². The molecule has 0 atom stereocenters. The third-order valence-electron chi connectivity index (χ3n) is 3.57. The quantitative estimate of drug-likeness (QED) is 0.896. The molecule has 0 aliphatic carbocycles. The van der Waals surface area contributed by atoms with Gasteiger partial charge < -0.3 is 15.3 Å². The van der Waals surface area contributed by atoms with Crippen molar-refractivity contribution in [2.24, 2.45) is 5.92 Å². The summed E-state index contributed by atoms with van der Waals surface area (Å²) in [5.74, 6) is -0.544. The molecule has 1 aromatic heterocycles. The standard InChI is InChI=1S/C14H20N2O3S/c1-10-2-3-12(20-10)9-15-14(19)16-6-4-11(5-7-16)8-13(17)18/h2-3,11H,4-9H2,1H3,(H,15,19)(H,17,18). The lowest BCUT2D eigenvalue weighted by molar-refractivity contribution is -0.138. The van der Waals surface area contributed by atoms with Crippen molar-refractivity contribution in [3.8, 4) is 0 Å². The minimum absolute atomic E-state index is 0.0511. The number of urea groups is 1. The first kappa shape index (κ1) is 14.8. The molecule has 1 aliphatic rings. The van der Waals surface area contributed by atoms with Crippen LogP contribution in [0.15, 0.2) is 12.1 Å². The highest BCUT2D eigenvalue weighted by Gasteiger charge is 2.24. The van der Waals surface area contributed by atoms with Gasteiger partial charge in [-0.2, -0.15) is 0 Å². The molecule has 0 spiro atoms. The highest BCUT2D eigenvalue weighted by atomic mass is 32.1. The van der Waals surface area contributed by atoms with Crippen LogP contribution in [0.25, 0.3) is 0 Å². The van der Waals surface area contributed by atoms with Gasteiger partial charge in [0.25, 0.3) is 0 Å². The molecule has 0 radical (unpaired) electrons. The predicted molar refractivity (Wildman–Crippen MR) is 77.8 cm³/mol. The Balaban J connectivity index is 1.73. The van der Waals surface area contributed by atoms with Gasteiger partial charge in [0.15, 0.2) is 0 Å². The first-order valence-corrected chi connectivity index (χ1v) is 7.66. The van der Waals surface area contributed by atoms with Crippen molar-refractivity contribution in [3.63, 3.8) is 0 Å². The minimum atomic E-state index is -0.749. The second-order valence-electron chi connectivity index (χ2n) is 5.20. The van der Waals surface area contributed by atoms with Gasteiger partial charge in [0.05, 0.1) is 6.54 Å². The van der Waals surface area contributed by atoms with Crippen LogP contribution in [0, 0.1) is 12.8 Å². The van der Waals surface area contributed by atoms with Gasteiger partial charge in [0.2, 0.25) is 0 Å². The number of aliphatic carboxylic acids is 1. The first-order chi connectivity index (χ1) is 9.54. The fourth-order valence-electron chi connectivity index (χ4n) is 2.44. The van der Waals surface area contributed by atoms with Gasteiger partial charge in [-0.15, -0.1) is 11.3 Å². The molecule has 0 unspecified atom stereocenters. The smallest absolute Gasteiger partial charge is 0.317 e. The maximum absolute atomic E-state index is 12.0. The van der Waals surface area contributed by atoms with E-state index in [1.165, 1.54) is 4.88 Å². The monoisotopic (exact) mass is 296 g/mol. The van der Waals surface area contributed by atoms with E-state index in [0.717, 1.165) is 17.7 Å². The number of hydrogen-bond donors (Lipinski definition) is 2. The number of rotatable bonds is 4. The molecule has 5 nitrogen and oxygen atoms in total. The summed E-state index contributed by atoms with van der Waals surface area (Å²) in [7, 11) is 0. The van der Waals surface area contributed by atoms with Gasteiger partial charge in [0, 0.05) is 29.3 Å². The topological polar surface area (TPSA) is 69.6 Å².